The highest BCUT2D eigenvalue weighted by molar-refractivity contribution is 5.63. The molecule has 22 bridgehead atoms. The number of phenols is 2. The van der Waals surface area contributed by atoms with Gasteiger partial charge in [-0.25, -0.2) is 0 Å². The molecule has 9 heterocycles. The summed E-state index contributed by atoms with van der Waals surface area (Å²) in [5.41, 5.74) is 23.6. The Morgan fingerprint density at radius 1 is 0.182 bits per heavy atom. The number of benzene rings is 8. The molecule has 0 fully saturated rings. The maximum Gasteiger partial charge on any atom is 0.230 e. The first kappa shape index (κ1) is 71.0. The van der Waals surface area contributed by atoms with Crippen LogP contribution in [-0.2, 0) is 94.7 Å². The lowest BCUT2D eigenvalue weighted by molar-refractivity contribution is 0.112. The highest BCUT2D eigenvalue weighted by atomic mass is 16.7. The molecule has 0 radical (unpaired) electrons. The molecule has 0 aromatic heterocycles. The predicted molar refractivity (Wildman–Crippen MR) is 405 cm³/mol. The summed E-state index contributed by atoms with van der Waals surface area (Å²) in [5.74, 6) is 5.32. The molecule has 8 nitrogen and oxygen atoms in total. The van der Waals surface area contributed by atoms with E-state index in [-0.39, 0.29) is 75.2 Å². The Balaban J connectivity index is 1.13. The summed E-state index contributed by atoms with van der Waals surface area (Å²) in [6.07, 6.45) is 3.92. The van der Waals surface area contributed by atoms with E-state index in [1.807, 2.05) is 0 Å². The van der Waals surface area contributed by atoms with Crippen molar-refractivity contribution in [1.29, 1.82) is 0 Å². The van der Waals surface area contributed by atoms with Gasteiger partial charge < -0.3 is 38.6 Å². The van der Waals surface area contributed by atoms with Crippen molar-refractivity contribution in [2.45, 2.75) is 261 Å². The van der Waals surface area contributed by atoms with Crippen LogP contribution in [0.15, 0.2) is 97.1 Å². The van der Waals surface area contributed by atoms with Gasteiger partial charge in [-0.1, -0.05) is 263 Å². The van der Waals surface area contributed by atoms with Crippen LogP contribution < -0.4 is 28.4 Å². The second kappa shape index (κ2) is 25.0. The number of phenolic OH excluding ortho intramolecular Hbond substituents is 2. The summed E-state index contributed by atoms with van der Waals surface area (Å²) < 4.78 is 42.3. The molecule has 8 aromatic rings. The maximum atomic E-state index is 13.1. The van der Waals surface area contributed by atoms with Crippen molar-refractivity contribution >= 4 is 0 Å². The summed E-state index contributed by atoms with van der Waals surface area (Å²) in [7, 11) is 0. The number of hydrogen-bond donors (Lipinski definition) is 2. The molecule has 8 heteroatoms. The average Bonchev–Trinajstić information content (AvgIpc) is 0.770. The molecule has 0 aliphatic carbocycles. The number of hydrogen-bond acceptors (Lipinski definition) is 8. The Bertz CT molecular complexity index is 4210. The molecule has 17 rings (SSSR count). The van der Waals surface area contributed by atoms with E-state index in [1.54, 1.807) is 0 Å². The highest BCUT2D eigenvalue weighted by Crippen LogP contribution is 2.49. The molecular formula is C91H112O8. The molecule has 8 aromatic carbocycles. The van der Waals surface area contributed by atoms with Crippen LogP contribution >= 0.6 is 0 Å². The summed E-state index contributed by atoms with van der Waals surface area (Å²) in [4.78, 5) is 0. The third kappa shape index (κ3) is 14.7. The average molecular weight is 1330 g/mol. The van der Waals surface area contributed by atoms with Crippen molar-refractivity contribution in [3.05, 3.63) is 231 Å². The highest BCUT2D eigenvalue weighted by Gasteiger charge is 2.34. The largest absolute Gasteiger partial charge is 0.507 e. The number of rotatable bonds is 0. The van der Waals surface area contributed by atoms with Gasteiger partial charge in [-0.3, -0.25) is 0 Å². The van der Waals surface area contributed by atoms with Gasteiger partial charge in [-0.05, 0) is 177 Å². The van der Waals surface area contributed by atoms with Gasteiger partial charge in [0, 0.05) is 51.4 Å². The first-order chi connectivity index (χ1) is 45.8. The van der Waals surface area contributed by atoms with Gasteiger partial charge in [0.05, 0.1) is 0 Å². The fourth-order valence-corrected chi connectivity index (χ4v) is 14.8. The van der Waals surface area contributed by atoms with Crippen molar-refractivity contribution in [1.82, 2.24) is 0 Å². The summed E-state index contributed by atoms with van der Waals surface area (Å²) in [6.45, 7) is 54.6. The minimum Gasteiger partial charge on any atom is -0.507 e. The second-order valence-corrected chi connectivity index (χ2v) is 37.7. The molecule has 99 heavy (non-hydrogen) atoms. The van der Waals surface area contributed by atoms with Gasteiger partial charge in [0.2, 0.25) is 20.4 Å². The first-order valence-corrected chi connectivity index (χ1v) is 36.3. The van der Waals surface area contributed by atoms with Gasteiger partial charge in [-0.2, -0.15) is 0 Å². The monoisotopic (exact) mass is 1330 g/mol. The van der Waals surface area contributed by atoms with Crippen molar-refractivity contribution < 1.29 is 38.6 Å². The van der Waals surface area contributed by atoms with Gasteiger partial charge in [0.25, 0.3) is 0 Å². The van der Waals surface area contributed by atoms with Crippen LogP contribution in [0, 0.1) is 0 Å². The van der Waals surface area contributed by atoms with E-state index >= 15 is 0 Å². The molecular weight excluding hydrogens is 1220 g/mol. The van der Waals surface area contributed by atoms with Crippen LogP contribution in [0.3, 0.4) is 0 Å². The van der Waals surface area contributed by atoms with Crippen molar-refractivity contribution in [3.63, 3.8) is 0 Å². The lowest BCUT2D eigenvalue weighted by Crippen LogP contribution is -2.20. The SMILES string of the molecule is CC(C)(C)c1cc2c(O)c(c1)Cc1cc(C(C)(C)C)cc3c1OCOc1c(cc(C(C)(C)C)cc1Cc1cc(C(C)(C)C)cc4c1OCOc1c(cc(C(C)(C)C)cc1C4)Cc1cc(C(C)(C)C)cc(c1O)Cc1cc(C(C)(C)C)cc4c1OCOc1c(cc(C(C)(C)C)cc1C4)C2)C3. The van der Waals surface area contributed by atoms with Crippen molar-refractivity contribution in [2.24, 2.45) is 0 Å². The third-order valence-electron chi connectivity index (χ3n) is 21.2. The number of aromatic hydroxyl groups is 2. The molecule has 0 spiro atoms. The van der Waals surface area contributed by atoms with Crippen molar-refractivity contribution in [2.75, 3.05) is 20.4 Å². The van der Waals surface area contributed by atoms with E-state index in [4.69, 9.17) is 28.4 Å². The van der Waals surface area contributed by atoms with Gasteiger partial charge in [0.1, 0.15) is 46.0 Å². The van der Waals surface area contributed by atoms with Crippen LogP contribution in [0.2, 0.25) is 0 Å². The Hall–Kier alpha value is -7.84. The van der Waals surface area contributed by atoms with Crippen LogP contribution in [0.5, 0.6) is 46.0 Å². The predicted octanol–water partition coefficient (Wildman–Crippen LogP) is 21.7. The smallest absolute Gasteiger partial charge is 0.230 e. The summed E-state index contributed by atoms with van der Waals surface area (Å²) in [6, 6.07) is 36.8. The Kier molecular flexibility index (Phi) is 18.0. The van der Waals surface area contributed by atoms with Crippen LogP contribution in [-0.4, -0.2) is 30.6 Å². The van der Waals surface area contributed by atoms with Crippen LogP contribution in [0.25, 0.3) is 0 Å². The van der Waals surface area contributed by atoms with Gasteiger partial charge in [-0.15, -0.1) is 0 Å². The molecule has 0 saturated carbocycles. The van der Waals surface area contributed by atoms with E-state index in [1.165, 1.54) is 33.4 Å². The molecule has 0 amide bonds. The minimum absolute atomic E-state index is 0.00939. The Morgan fingerprint density at radius 2 is 0.283 bits per heavy atom. The topological polar surface area (TPSA) is 95.8 Å². The summed E-state index contributed by atoms with van der Waals surface area (Å²) >= 11 is 0. The molecule has 524 valence electrons. The van der Waals surface area contributed by atoms with E-state index in [0.717, 1.165) is 135 Å². The fraction of sp³-hybridized carbons (Fsp3) is 0.473. The van der Waals surface area contributed by atoms with E-state index < -0.39 is 0 Å². The lowest BCUT2D eigenvalue weighted by Gasteiger charge is -2.30. The fourth-order valence-electron chi connectivity index (χ4n) is 14.8. The zero-order valence-electron chi connectivity index (χ0n) is 64.4. The van der Waals surface area contributed by atoms with Crippen LogP contribution in [0.1, 0.15) is 300 Å². The minimum atomic E-state index is -0.257. The molecule has 0 unspecified atom stereocenters. The zero-order chi connectivity index (χ0) is 71.8. The van der Waals surface area contributed by atoms with Crippen LogP contribution in [0.4, 0.5) is 0 Å². The molecule has 9 aliphatic heterocycles. The lowest BCUT2D eigenvalue weighted by atomic mass is 9.79. The number of ether oxygens (including phenoxy) is 6. The molecule has 2 N–H and O–H groups in total. The standard InChI is InChI=1S/C91H112O8/c1-84(2,3)68-33-52-25-56-37-70(86(7,8)9)41-60-29-61-42-71(87(10,11)12)38-57(79(61)95-49-94-78(56)60)26-53-34-69(85(4,5)6)36-55(77(53)93)28-59-40-73(89(16,17)18)44-63-31-65-46-75(91(22,23)24)48-67(83(65)99-51-97-81(59)63)32-66-47-74(90(19,20)21)45-64-30-62-43-72(88(13,14)15)39-58(27-54(35-68)76(52)92)80(62)96-50-98-82(64)66/h33-48,92-93H,25-32,49-51H2,1-24H3. The maximum absolute atomic E-state index is 13.1. The normalized spacial score (nSPS) is 15.4. The van der Waals surface area contributed by atoms with E-state index in [0.29, 0.717) is 51.4 Å². The van der Waals surface area contributed by atoms with Gasteiger partial charge in [0.15, 0.2) is 0 Å². The van der Waals surface area contributed by atoms with E-state index in [2.05, 4.69) is 263 Å². The zero-order valence-corrected chi connectivity index (χ0v) is 64.4. The van der Waals surface area contributed by atoms with E-state index in [9.17, 15) is 10.2 Å². The molecule has 0 saturated heterocycles. The first-order valence-electron chi connectivity index (χ1n) is 36.3. The molecule has 0 atom stereocenters. The summed E-state index contributed by atoms with van der Waals surface area (Å²) in [5, 5.41) is 26.3. The second-order valence-electron chi connectivity index (χ2n) is 37.7. The third-order valence-corrected chi connectivity index (χ3v) is 21.2. The van der Waals surface area contributed by atoms with Crippen molar-refractivity contribution in [3.8, 4) is 46.0 Å². The van der Waals surface area contributed by atoms with Gasteiger partial charge >= 0.3 is 0 Å². The quantitative estimate of drug-likeness (QED) is 0.155. The Morgan fingerprint density at radius 3 is 0.394 bits per heavy atom. The Labute approximate surface area is 593 Å². The molecule has 9 aliphatic rings.